The Morgan fingerprint density at radius 3 is 2.46 bits per heavy atom. The van der Waals surface area contributed by atoms with Gasteiger partial charge in [-0.15, -0.1) is 0 Å². The molecule has 8 nitrogen and oxygen atoms in total. The molecule has 0 fully saturated rings. The molecule has 2 atom stereocenters. The molecule has 3 aromatic carbocycles. The van der Waals surface area contributed by atoms with E-state index in [9.17, 15) is 14.4 Å². The highest BCUT2D eigenvalue weighted by Gasteiger charge is 2.34. The number of hydrogen-bond donors (Lipinski definition) is 2. The smallest absolute Gasteiger partial charge is 0.312 e. The summed E-state index contributed by atoms with van der Waals surface area (Å²) in [6, 6.07) is 22.4. The highest BCUT2D eigenvalue weighted by molar-refractivity contribution is 5.97. The lowest BCUT2D eigenvalue weighted by molar-refractivity contribution is -0.148. The molecule has 3 amide bonds. The number of urea groups is 1. The summed E-state index contributed by atoms with van der Waals surface area (Å²) < 4.78 is 11.3. The van der Waals surface area contributed by atoms with Crippen molar-refractivity contribution in [1.29, 1.82) is 0 Å². The van der Waals surface area contributed by atoms with Crippen molar-refractivity contribution in [3.63, 3.8) is 0 Å². The molecule has 0 spiro atoms. The molecule has 0 radical (unpaired) electrons. The molecule has 1 aliphatic heterocycles. The van der Waals surface area contributed by atoms with Gasteiger partial charge in [-0.25, -0.2) is 4.79 Å². The second kappa shape index (κ2) is 10.7. The Morgan fingerprint density at radius 2 is 1.71 bits per heavy atom. The average molecular weight is 474 g/mol. The minimum atomic E-state index is -0.752. The largest absolute Gasteiger partial charge is 0.489 e. The van der Waals surface area contributed by atoms with Crippen LogP contribution >= 0.6 is 0 Å². The minimum absolute atomic E-state index is 0.164. The number of benzene rings is 3. The zero-order valence-corrected chi connectivity index (χ0v) is 19.3. The first-order valence-corrected chi connectivity index (χ1v) is 11.3. The molecule has 0 saturated carbocycles. The number of para-hydroxylation sites is 2. The Balaban J connectivity index is 1.49. The zero-order chi connectivity index (χ0) is 24.8. The van der Waals surface area contributed by atoms with Crippen LogP contribution in [0, 0.1) is 6.92 Å². The van der Waals surface area contributed by atoms with Crippen molar-refractivity contribution in [3.05, 3.63) is 95.6 Å². The van der Waals surface area contributed by atoms with Crippen LogP contribution in [0.25, 0.3) is 0 Å². The first-order chi connectivity index (χ1) is 16.9. The van der Waals surface area contributed by atoms with Gasteiger partial charge >= 0.3 is 12.0 Å². The number of fused-ring (bicyclic) bond motifs is 1. The van der Waals surface area contributed by atoms with Crippen LogP contribution in [0.1, 0.15) is 35.2 Å². The quantitative estimate of drug-likeness (QED) is 0.507. The monoisotopic (exact) mass is 473 g/mol. The number of ether oxygens (including phenoxy) is 2. The second-order valence-corrected chi connectivity index (χ2v) is 8.25. The molecule has 0 saturated heterocycles. The molecular weight excluding hydrogens is 446 g/mol. The fraction of sp³-hybridized carbons (Fsp3) is 0.222. The Hall–Kier alpha value is -4.33. The van der Waals surface area contributed by atoms with Crippen molar-refractivity contribution >= 4 is 23.6 Å². The van der Waals surface area contributed by atoms with Gasteiger partial charge in [0.1, 0.15) is 12.4 Å². The third-order valence-corrected chi connectivity index (χ3v) is 5.89. The lowest BCUT2D eigenvalue weighted by atomic mass is 9.99. The minimum Gasteiger partial charge on any atom is -0.489 e. The van der Waals surface area contributed by atoms with Crippen molar-refractivity contribution in [2.24, 2.45) is 5.73 Å². The number of primary amides is 1. The zero-order valence-electron chi connectivity index (χ0n) is 19.3. The van der Waals surface area contributed by atoms with Gasteiger partial charge in [-0.1, -0.05) is 66.7 Å². The number of aryl methyl sites for hydroxylation is 1. The summed E-state index contributed by atoms with van der Waals surface area (Å²) in [5, 5.41) is 2.59. The van der Waals surface area contributed by atoms with Gasteiger partial charge in [-0.2, -0.15) is 0 Å². The molecule has 180 valence electrons. The maximum Gasteiger partial charge on any atom is 0.312 e. The molecule has 0 aliphatic carbocycles. The molecule has 8 heteroatoms. The van der Waals surface area contributed by atoms with Crippen LogP contribution in [0.4, 0.5) is 10.5 Å². The molecule has 0 bridgehead atoms. The van der Waals surface area contributed by atoms with E-state index in [4.69, 9.17) is 15.2 Å². The van der Waals surface area contributed by atoms with Gasteiger partial charge in [0.05, 0.1) is 24.2 Å². The topological polar surface area (TPSA) is 111 Å². The summed E-state index contributed by atoms with van der Waals surface area (Å²) in [4.78, 5) is 39.2. The molecule has 4 rings (SSSR count). The van der Waals surface area contributed by atoms with E-state index in [2.05, 4.69) is 5.32 Å². The van der Waals surface area contributed by atoms with E-state index < -0.39 is 24.6 Å². The number of carbonyl (C=O) groups excluding carboxylic acids is 3. The molecule has 0 unspecified atom stereocenters. The van der Waals surface area contributed by atoms with Gasteiger partial charge in [-0.05, 0) is 35.7 Å². The second-order valence-electron chi connectivity index (χ2n) is 8.25. The normalized spacial score (nSPS) is 15.3. The molecule has 3 N–H and O–H groups in total. The van der Waals surface area contributed by atoms with Crippen molar-refractivity contribution in [2.75, 3.05) is 18.1 Å². The lowest BCUT2D eigenvalue weighted by Crippen LogP contribution is -2.43. The van der Waals surface area contributed by atoms with E-state index in [1.807, 2.05) is 73.7 Å². The van der Waals surface area contributed by atoms with Crippen molar-refractivity contribution < 1.29 is 23.9 Å². The van der Waals surface area contributed by atoms with Crippen LogP contribution in [0.5, 0.6) is 5.75 Å². The molecule has 35 heavy (non-hydrogen) atoms. The fourth-order valence-electron chi connectivity index (χ4n) is 4.24. The summed E-state index contributed by atoms with van der Waals surface area (Å²) >= 11 is 0. The molecule has 0 aromatic heterocycles. The predicted molar refractivity (Wildman–Crippen MR) is 131 cm³/mol. The average Bonchev–Trinajstić information content (AvgIpc) is 2.86. The number of hydrogen-bond acceptors (Lipinski definition) is 5. The number of nitrogens with two attached hydrogens (primary N) is 1. The summed E-state index contributed by atoms with van der Waals surface area (Å²) in [7, 11) is 0. The van der Waals surface area contributed by atoms with Crippen LogP contribution in [0.3, 0.4) is 0 Å². The Kier molecular flexibility index (Phi) is 7.30. The fourth-order valence-corrected chi connectivity index (χ4v) is 4.24. The summed E-state index contributed by atoms with van der Waals surface area (Å²) in [6.07, 6.45) is -0.164. The van der Waals surface area contributed by atoms with E-state index in [0.29, 0.717) is 11.4 Å². The number of rotatable bonds is 7. The van der Waals surface area contributed by atoms with Crippen molar-refractivity contribution in [3.8, 4) is 5.75 Å². The summed E-state index contributed by atoms with van der Waals surface area (Å²) in [6.45, 7) is 1.70. The van der Waals surface area contributed by atoms with Crippen LogP contribution < -0.4 is 20.7 Å². The van der Waals surface area contributed by atoms with Gasteiger partial charge < -0.3 is 20.5 Å². The number of nitrogens with zero attached hydrogens (tertiary/aromatic N) is 1. The first-order valence-electron chi connectivity index (χ1n) is 11.3. The predicted octanol–water partition coefficient (Wildman–Crippen LogP) is 3.80. The molecule has 3 aromatic rings. The number of anilines is 1. The van der Waals surface area contributed by atoms with Crippen molar-refractivity contribution in [2.45, 2.75) is 25.4 Å². The third kappa shape index (κ3) is 5.60. The van der Waals surface area contributed by atoms with Crippen LogP contribution in [-0.4, -0.2) is 31.1 Å². The van der Waals surface area contributed by atoms with Gasteiger partial charge in [0, 0.05) is 0 Å². The maximum atomic E-state index is 13.3. The number of amides is 3. The van der Waals surface area contributed by atoms with E-state index in [1.54, 1.807) is 17.0 Å². The highest BCUT2D eigenvalue weighted by atomic mass is 16.5. The summed E-state index contributed by atoms with van der Waals surface area (Å²) in [5.74, 6) is -0.416. The molecule has 1 aliphatic rings. The van der Waals surface area contributed by atoms with Crippen LogP contribution in [-0.2, 0) is 14.3 Å². The lowest BCUT2D eigenvalue weighted by Gasteiger charge is -2.37. The van der Waals surface area contributed by atoms with Crippen molar-refractivity contribution in [1.82, 2.24) is 5.32 Å². The van der Waals surface area contributed by atoms with Gasteiger partial charge in [0.2, 0.25) is 0 Å². The Labute approximate surface area is 203 Å². The van der Waals surface area contributed by atoms with E-state index >= 15 is 0 Å². The summed E-state index contributed by atoms with van der Waals surface area (Å²) in [5.41, 5.74) is 8.48. The Bertz CT molecular complexity index is 1210. The SMILES string of the molecule is Cc1ccccc1[C@@H](CC(=O)OCC(=O)N1c2ccccc2OC[C@H]1c1ccccc1)NC(N)=O. The van der Waals surface area contributed by atoms with E-state index in [0.717, 1.165) is 16.7 Å². The first kappa shape index (κ1) is 23.8. The van der Waals surface area contributed by atoms with Gasteiger partial charge in [0.25, 0.3) is 5.91 Å². The van der Waals surface area contributed by atoms with Gasteiger partial charge in [-0.3, -0.25) is 14.5 Å². The Morgan fingerprint density at radius 1 is 1.03 bits per heavy atom. The molecular formula is C27H27N3O5. The van der Waals surface area contributed by atoms with E-state index in [-0.39, 0.29) is 25.0 Å². The maximum absolute atomic E-state index is 13.3. The van der Waals surface area contributed by atoms with Crippen LogP contribution in [0.15, 0.2) is 78.9 Å². The highest BCUT2D eigenvalue weighted by Crippen LogP contribution is 2.39. The van der Waals surface area contributed by atoms with Crippen LogP contribution in [0.2, 0.25) is 0 Å². The molecule has 1 heterocycles. The number of carbonyl (C=O) groups is 3. The standard InChI is InChI=1S/C27H27N3O5/c1-18-9-5-6-12-20(18)21(29-27(28)33)15-26(32)35-17-25(31)30-22-13-7-8-14-24(22)34-16-23(30)19-10-3-2-4-11-19/h2-14,21,23H,15-17H2,1H3,(H3,28,29,33)/t21-,23+/m1/s1. The van der Waals surface area contributed by atoms with Gasteiger partial charge in [0.15, 0.2) is 6.61 Å². The van der Waals surface area contributed by atoms with E-state index in [1.165, 1.54) is 0 Å². The number of esters is 1. The number of nitrogens with one attached hydrogen (secondary N) is 1. The third-order valence-electron chi connectivity index (χ3n) is 5.89.